The molecular weight excluding hydrogens is 268 g/mol. The maximum Gasteiger partial charge on any atom is 0.329 e. The predicted octanol–water partition coefficient (Wildman–Crippen LogP) is 2.36. The fraction of sp³-hybridized carbons (Fsp3) is 0.375. The average molecular weight is 286 g/mol. The highest BCUT2D eigenvalue weighted by molar-refractivity contribution is 5.87. The third kappa shape index (κ3) is 2.18. The lowest BCUT2D eigenvalue weighted by molar-refractivity contribution is -0.143. The number of carboxylic acids is 1. The van der Waals surface area contributed by atoms with Crippen LogP contribution in [-0.4, -0.2) is 28.1 Å². The number of anilines is 1. The van der Waals surface area contributed by atoms with Crippen LogP contribution < -0.4 is 10.5 Å². The fourth-order valence-electron chi connectivity index (χ4n) is 3.07. The summed E-state index contributed by atoms with van der Waals surface area (Å²) in [5.41, 5.74) is -1.15. The van der Waals surface area contributed by atoms with Gasteiger partial charge in [-0.2, -0.15) is 0 Å². The van der Waals surface area contributed by atoms with Gasteiger partial charge in [0.15, 0.2) is 0 Å². The zero-order chi connectivity index (χ0) is 15.0. The van der Waals surface area contributed by atoms with E-state index >= 15 is 0 Å². The van der Waals surface area contributed by atoms with Gasteiger partial charge in [0.2, 0.25) is 0 Å². The van der Waals surface area contributed by atoms with Crippen LogP contribution in [-0.2, 0) is 4.79 Å². The van der Waals surface area contributed by atoms with E-state index < -0.39 is 11.5 Å². The molecule has 1 fully saturated rings. The number of H-pyrrole nitrogens is 1. The third-order valence-corrected chi connectivity index (χ3v) is 4.38. The fourth-order valence-corrected chi connectivity index (χ4v) is 3.07. The lowest BCUT2D eigenvalue weighted by Crippen LogP contribution is -2.56. The van der Waals surface area contributed by atoms with Gasteiger partial charge in [0.05, 0.1) is 0 Å². The van der Waals surface area contributed by atoms with Crippen molar-refractivity contribution in [3.8, 4) is 0 Å². The lowest BCUT2D eigenvalue weighted by atomic mass is 9.88. The minimum atomic E-state index is -0.969. The third-order valence-electron chi connectivity index (χ3n) is 4.38. The first-order valence-corrected chi connectivity index (χ1v) is 7.15. The van der Waals surface area contributed by atoms with Gasteiger partial charge in [-0.15, -0.1) is 0 Å². The van der Waals surface area contributed by atoms with E-state index in [2.05, 4.69) is 4.98 Å². The molecule has 0 aliphatic carbocycles. The summed E-state index contributed by atoms with van der Waals surface area (Å²) >= 11 is 0. The van der Waals surface area contributed by atoms with Gasteiger partial charge < -0.3 is 15.0 Å². The number of nitrogens with one attached hydrogen (secondary N) is 1. The molecule has 1 aliphatic rings. The molecule has 1 aromatic carbocycles. The van der Waals surface area contributed by atoms with Crippen molar-refractivity contribution in [3.63, 3.8) is 0 Å². The topological polar surface area (TPSA) is 73.4 Å². The Hall–Kier alpha value is -2.30. The average Bonchev–Trinajstić information content (AvgIpc) is 2.47. The van der Waals surface area contributed by atoms with Gasteiger partial charge >= 0.3 is 5.97 Å². The van der Waals surface area contributed by atoms with Crippen LogP contribution in [0.5, 0.6) is 0 Å². The van der Waals surface area contributed by atoms with Crippen LogP contribution in [0.2, 0.25) is 0 Å². The number of carboxylic acid groups (broad SMARTS) is 1. The van der Waals surface area contributed by atoms with Gasteiger partial charge in [0.25, 0.3) is 5.56 Å². The van der Waals surface area contributed by atoms with Gasteiger partial charge in [0.1, 0.15) is 11.4 Å². The van der Waals surface area contributed by atoms with Crippen LogP contribution in [0.3, 0.4) is 0 Å². The first-order chi connectivity index (χ1) is 10.0. The van der Waals surface area contributed by atoms with Crippen molar-refractivity contribution in [1.29, 1.82) is 0 Å². The van der Waals surface area contributed by atoms with Crippen LogP contribution in [0.1, 0.15) is 26.2 Å². The minimum Gasteiger partial charge on any atom is -0.480 e. The Kier molecular flexibility index (Phi) is 3.20. The Labute approximate surface area is 122 Å². The molecule has 2 aromatic rings. The predicted molar refractivity (Wildman–Crippen MR) is 81.8 cm³/mol. The Morgan fingerprint density at radius 3 is 2.86 bits per heavy atom. The normalized spacial score (nSPS) is 22.4. The SMILES string of the molecule is CC1(C(=O)O)CCCCN1c1cc2ccccc2c(=O)[nH]1. The number of aromatic nitrogens is 1. The molecule has 5 nitrogen and oxygen atoms in total. The van der Waals surface area contributed by atoms with Crippen molar-refractivity contribution in [2.45, 2.75) is 31.7 Å². The highest BCUT2D eigenvalue weighted by Gasteiger charge is 2.41. The highest BCUT2D eigenvalue weighted by atomic mass is 16.4. The second kappa shape index (κ2) is 4.91. The number of pyridine rings is 1. The number of nitrogens with zero attached hydrogens (tertiary/aromatic N) is 1. The van der Waals surface area contributed by atoms with Crippen LogP contribution >= 0.6 is 0 Å². The summed E-state index contributed by atoms with van der Waals surface area (Å²) < 4.78 is 0. The van der Waals surface area contributed by atoms with E-state index in [9.17, 15) is 14.7 Å². The first-order valence-electron chi connectivity index (χ1n) is 7.15. The monoisotopic (exact) mass is 286 g/mol. The molecule has 5 heteroatoms. The zero-order valence-corrected chi connectivity index (χ0v) is 11.9. The molecule has 1 unspecified atom stereocenters. The number of hydrogen-bond donors (Lipinski definition) is 2. The van der Waals surface area contributed by atoms with E-state index in [1.54, 1.807) is 13.0 Å². The van der Waals surface area contributed by atoms with Gasteiger partial charge in [-0.05, 0) is 43.7 Å². The minimum absolute atomic E-state index is 0.179. The van der Waals surface area contributed by atoms with Gasteiger partial charge in [0, 0.05) is 11.9 Å². The number of piperidine rings is 1. The highest BCUT2D eigenvalue weighted by Crippen LogP contribution is 2.32. The Bertz CT molecular complexity index is 753. The standard InChI is InChI=1S/C16H18N2O3/c1-16(15(20)21)8-4-5-9-18(16)13-10-11-6-2-3-7-12(11)14(19)17-13/h2-3,6-7,10H,4-5,8-9H2,1H3,(H,17,19)(H,20,21). The van der Waals surface area contributed by atoms with Gasteiger partial charge in [-0.3, -0.25) is 4.79 Å². The summed E-state index contributed by atoms with van der Waals surface area (Å²) in [6.07, 6.45) is 2.39. The van der Waals surface area contributed by atoms with Crippen LogP contribution in [0.15, 0.2) is 35.1 Å². The van der Waals surface area contributed by atoms with Crippen LogP contribution in [0.4, 0.5) is 5.82 Å². The maximum absolute atomic E-state index is 12.2. The summed E-state index contributed by atoms with van der Waals surface area (Å²) in [6.45, 7) is 2.36. The molecule has 2 heterocycles. The molecule has 1 aromatic heterocycles. The molecule has 1 saturated heterocycles. The quantitative estimate of drug-likeness (QED) is 0.889. The molecule has 0 saturated carbocycles. The number of fused-ring (bicyclic) bond motifs is 1. The van der Waals surface area contributed by atoms with Crippen molar-refractivity contribution >= 4 is 22.6 Å². The van der Waals surface area contributed by atoms with E-state index in [1.165, 1.54) is 0 Å². The number of carbonyl (C=O) groups is 1. The lowest BCUT2D eigenvalue weighted by Gasteiger charge is -2.42. The second-order valence-electron chi connectivity index (χ2n) is 5.76. The van der Waals surface area contributed by atoms with Crippen LogP contribution in [0, 0.1) is 0 Å². The van der Waals surface area contributed by atoms with Crippen LogP contribution in [0.25, 0.3) is 10.8 Å². The first kappa shape index (κ1) is 13.7. The Morgan fingerprint density at radius 2 is 2.10 bits per heavy atom. The summed E-state index contributed by atoms with van der Waals surface area (Å²) in [5.74, 6) is -0.264. The Morgan fingerprint density at radius 1 is 1.33 bits per heavy atom. The van der Waals surface area contributed by atoms with Crippen molar-refractivity contribution in [2.24, 2.45) is 0 Å². The molecule has 0 bridgehead atoms. The van der Waals surface area contributed by atoms with Crippen molar-refractivity contribution in [3.05, 3.63) is 40.7 Å². The largest absolute Gasteiger partial charge is 0.480 e. The molecule has 2 N–H and O–H groups in total. The maximum atomic E-state index is 12.2. The number of hydrogen-bond acceptors (Lipinski definition) is 3. The van der Waals surface area contributed by atoms with E-state index in [0.29, 0.717) is 24.2 Å². The van der Waals surface area contributed by atoms with E-state index in [1.807, 2.05) is 29.2 Å². The van der Waals surface area contributed by atoms with Gasteiger partial charge in [-0.25, -0.2) is 4.79 Å². The molecular formula is C16H18N2O3. The molecule has 110 valence electrons. The summed E-state index contributed by atoms with van der Waals surface area (Å²) in [7, 11) is 0. The summed E-state index contributed by atoms with van der Waals surface area (Å²) in [6, 6.07) is 9.20. The molecule has 0 amide bonds. The second-order valence-corrected chi connectivity index (χ2v) is 5.76. The molecule has 1 aliphatic heterocycles. The molecule has 0 spiro atoms. The number of benzene rings is 1. The summed E-state index contributed by atoms with van der Waals surface area (Å²) in [4.78, 5) is 28.5. The smallest absolute Gasteiger partial charge is 0.329 e. The van der Waals surface area contributed by atoms with E-state index in [-0.39, 0.29) is 5.56 Å². The zero-order valence-electron chi connectivity index (χ0n) is 11.9. The Balaban J connectivity index is 2.14. The van der Waals surface area contributed by atoms with Crippen molar-refractivity contribution < 1.29 is 9.90 Å². The number of aliphatic carboxylic acids is 1. The molecule has 0 radical (unpaired) electrons. The number of rotatable bonds is 2. The van der Waals surface area contributed by atoms with Gasteiger partial charge in [-0.1, -0.05) is 18.2 Å². The molecule has 3 rings (SSSR count). The number of aromatic amines is 1. The molecule has 21 heavy (non-hydrogen) atoms. The van der Waals surface area contributed by atoms with E-state index in [0.717, 1.165) is 18.2 Å². The summed E-state index contributed by atoms with van der Waals surface area (Å²) in [5, 5.41) is 11.0. The van der Waals surface area contributed by atoms with Crippen molar-refractivity contribution in [2.75, 3.05) is 11.4 Å². The molecule has 1 atom stereocenters. The van der Waals surface area contributed by atoms with Crippen molar-refractivity contribution in [1.82, 2.24) is 4.98 Å². The van der Waals surface area contributed by atoms with E-state index in [4.69, 9.17) is 0 Å².